The lowest BCUT2D eigenvalue weighted by atomic mass is 10.1. The third-order valence-electron chi connectivity index (χ3n) is 5.51. The highest BCUT2D eigenvalue weighted by molar-refractivity contribution is 6.30. The number of amides is 2. The second kappa shape index (κ2) is 9.05. The van der Waals surface area contributed by atoms with Crippen LogP contribution in [0.4, 0.5) is 19.0 Å². The first-order chi connectivity index (χ1) is 15.7. The molecule has 0 saturated carbocycles. The molecular weight excluding hydrogens is 463 g/mol. The van der Waals surface area contributed by atoms with E-state index in [2.05, 4.69) is 15.3 Å². The van der Waals surface area contributed by atoms with Gasteiger partial charge in [0.05, 0.1) is 24.7 Å². The Kier molecular flexibility index (Phi) is 6.33. The van der Waals surface area contributed by atoms with Gasteiger partial charge >= 0.3 is 0 Å². The third kappa shape index (κ3) is 4.82. The van der Waals surface area contributed by atoms with Crippen molar-refractivity contribution in [1.82, 2.24) is 20.2 Å². The van der Waals surface area contributed by atoms with E-state index in [0.29, 0.717) is 18.8 Å². The standard InChI is InChI=1S/C21H21ClF3N5O3/c1-2-17(31)30-10-16(21(24,25)11-30)28-20(32)18-19(27-6-5-26-18)29-8-13(9-29)33-12-3-4-15(23)14(22)7-12/h3-7,13,16H,2,8-11H2,1H3,(H,28,32). The van der Waals surface area contributed by atoms with Gasteiger partial charge in [-0.05, 0) is 12.1 Å². The molecule has 3 heterocycles. The predicted octanol–water partition coefficient (Wildman–Crippen LogP) is 2.52. The Morgan fingerprint density at radius 1 is 1.24 bits per heavy atom. The van der Waals surface area contributed by atoms with Gasteiger partial charge < -0.3 is 19.9 Å². The number of carbonyl (C=O) groups excluding carboxylic acids is 2. The van der Waals surface area contributed by atoms with E-state index in [1.165, 1.54) is 30.6 Å². The van der Waals surface area contributed by atoms with Gasteiger partial charge in [0.2, 0.25) is 5.91 Å². The number of aromatic nitrogens is 2. The molecule has 0 spiro atoms. The molecule has 0 aliphatic carbocycles. The van der Waals surface area contributed by atoms with Crippen molar-refractivity contribution >= 4 is 29.2 Å². The molecule has 0 bridgehead atoms. The molecule has 2 aliphatic heterocycles. The van der Waals surface area contributed by atoms with E-state index >= 15 is 0 Å². The molecule has 1 aromatic heterocycles. The average Bonchev–Trinajstić information content (AvgIpc) is 3.06. The number of nitrogens with one attached hydrogen (secondary N) is 1. The summed E-state index contributed by atoms with van der Waals surface area (Å²) in [7, 11) is 0. The Balaban J connectivity index is 1.40. The molecule has 2 fully saturated rings. The molecule has 1 aromatic carbocycles. The van der Waals surface area contributed by atoms with Crippen LogP contribution in [0.3, 0.4) is 0 Å². The highest BCUT2D eigenvalue weighted by Gasteiger charge is 2.50. The molecule has 33 heavy (non-hydrogen) atoms. The zero-order valence-corrected chi connectivity index (χ0v) is 18.4. The third-order valence-corrected chi connectivity index (χ3v) is 5.80. The molecule has 2 saturated heterocycles. The molecule has 1 N–H and O–H groups in total. The van der Waals surface area contributed by atoms with E-state index in [0.717, 1.165) is 4.90 Å². The maximum atomic E-state index is 14.4. The smallest absolute Gasteiger partial charge is 0.286 e. The predicted molar refractivity (Wildman–Crippen MR) is 113 cm³/mol. The van der Waals surface area contributed by atoms with Gasteiger partial charge in [-0.15, -0.1) is 0 Å². The van der Waals surface area contributed by atoms with Crippen molar-refractivity contribution in [2.75, 3.05) is 31.1 Å². The van der Waals surface area contributed by atoms with Crippen molar-refractivity contribution < 1.29 is 27.5 Å². The highest BCUT2D eigenvalue weighted by atomic mass is 35.5. The fourth-order valence-corrected chi connectivity index (χ4v) is 3.90. The Bertz CT molecular complexity index is 1070. The second-order valence-corrected chi connectivity index (χ2v) is 8.27. The maximum Gasteiger partial charge on any atom is 0.286 e. The Morgan fingerprint density at radius 2 is 1.97 bits per heavy atom. The minimum atomic E-state index is -3.25. The monoisotopic (exact) mass is 483 g/mol. The first kappa shape index (κ1) is 23.1. The Morgan fingerprint density at radius 3 is 2.67 bits per heavy atom. The SMILES string of the molecule is CCC(=O)N1CC(NC(=O)c2nccnc2N2CC(Oc3ccc(F)c(Cl)c3)C2)C(F)(F)C1. The topological polar surface area (TPSA) is 87.7 Å². The molecule has 8 nitrogen and oxygen atoms in total. The van der Waals surface area contributed by atoms with Crippen LogP contribution in [0.1, 0.15) is 23.8 Å². The summed E-state index contributed by atoms with van der Waals surface area (Å²) in [6, 6.07) is 2.51. The van der Waals surface area contributed by atoms with Gasteiger partial charge in [-0.25, -0.2) is 23.1 Å². The lowest BCUT2D eigenvalue weighted by molar-refractivity contribution is -0.131. The van der Waals surface area contributed by atoms with Gasteiger partial charge in [0, 0.05) is 31.4 Å². The minimum absolute atomic E-state index is 0.0560. The second-order valence-electron chi connectivity index (χ2n) is 7.86. The van der Waals surface area contributed by atoms with Crippen LogP contribution in [0, 0.1) is 5.82 Å². The van der Waals surface area contributed by atoms with Crippen LogP contribution in [-0.4, -0.2) is 70.9 Å². The number of alkyl halides is 2. The van der Waals surface area contributed by atoms with Gasteiger partial charge in [-0.1, -0.05) is 18.5 Å². The van der Waals surface area contributed by atoms with Crippen LogP contribution in [0.15, 0.2) is 30.6 Å². The number of benzene rings is 1. The van der Waals surface area contributed by atoms with Crippen LogP contribution in [0.2, 0.25) is 5.02 Å². The molecule has 2 amide bonds. The molecular formula is C21H21ClF3N5O3. The van der Waals surface area contributed by atoms with Gasteiger partial charge in [-0.3, -0.25) is 9.59 Å². The zero-order chi connectivity index (χ0) is 23.8. The number of hydrogen-bond acceptors (Lipinski definition) is 6. The number of halogens is 4. The average molecular weight is 484 g/mol. The number of ether oxygens (including phenoxy) is 1. The number of rotatable bonds is 6. The van der Waals surface area contributed by atoms with Crippen LogP contribution >= 0.6 is 11.6 Å². The van der Waals surface area contributed by atoms with E-state index in [-0.39, 0.29) is 35.6 Å². The van der Waals surface area contributed by atoms with E-state index in [1.807, 2.05) is 0 Å². The lowest BCUT2D eigenvalue weighted by Gasteiger charge is -2.40. The summed E-state index contributed by atoms with van der Waals surface area (Å²) in [4.78, 5) is 35.6. The largest absolute Gasteiger partial charge is 0.487 e. The molecule has 4 rings (SSSR count). The van der Waals surface area contributed by atoms with E-state index < -0.39 is 36.1 Å². The van der Waals surface area contributed by atoms with Crippen molar-refractivity contribution in [3.63, 3.8) is 0 Å². The molecule has 1 atom stereocenters. The fourth-order valence-electron chi connectivity index (χ4n) is 3.73. The van der Waals surface area contributed by atoms with Crippen molar-refractivity contribution in [2.24, 2.45) is 0 Å². The number of likely N-dealkylation sites (tertiary alicyclic amines) is 1. The first-order valence-electron chi connectivity index (χ1n) is 10.3. The minimum Gasteiger partial charge on any atom is -0.487 e. The van der Waals surface area contributed by atoms with Crippen molar-refractivity contribution in [3.8, 4) is 5.75 Å². The van der Waals surface area contributed by atoms with Crippen molar-refractivity contribution in [2.45, 2.75) is 31.4 Å². The number of anilines is 1. The Hall–Kier alpha value is -3.08. The zero-order valence-electron chi connectivity index (χ0n) is 17.6. The van der Waals surface area contributed by atoms with E-state index in [4.69, 9.17) is 16.3 Å². The van der Waals surface area contributed by atoms with Crippen molar-refractivity contribution in [1.29, 1.82) is 0 Å². The van der Waals surface area contributed by atoms with Crippen molar-refractivity contribution in [3.05, 3.63) is 47.1 Å². The lowest BCUT2D eigenvalue weighted by Crippen LogP contribution is -2.55. The fraction of sp³-hybridized carbons (Fsp3) is 0.429. The Labute approximate surface area is 192 Å². The summed E-state index contributed by atoms with van der Waals surface area (Å²) in [6.45, 7) is 1.28. The first-order valence-corrected chi connectivity index (χ1v) is 10.7. The highest BCUT2D eigenvalue weighted by Crippen LogP contribution is 2.30. The molecule has 2 aliphatic rings. The summed E-state index contributed by atoms with van der Waals surface area (Å²) >= 11 is 5.76. The molecule has 12 heteroatoms. The molecule has 1 unspecified atom stereocenters. The van der Waals surface area contributed by atoms with Crippen LogP contribution in [0.25, 0.3) is 0 Å². The van der Waals surface area contributed by atoms with Crippen LogP contribution in [0.5, 0.6) is 5.75 Å². The summed E-state index contributed by atoms with van der Waals surface area (Å²) in [5, 5.41) is 2.25. The molecule has 0 radical (unpaired) electrons. The summed E-state index contributed by atoms with van der Waals surface area (Å²) < 4.78 is 47.8. The summed E-state index contributed by atoms with van der Waals surface area (Å²) in [5.74, 6) is -4.38. The van der Waals surface area contributed by atoms with Gasteiger partial charge in [0.15, 0.2) is 11.5 Å². The molecule has 2 aromatic rings. The summed E-state index contributed by atoms with van der Waals surface area (Å²) in [6.07, 6.45) is 2.53. The quantitative estimate of drug-likeness (QED) is 0.679. The van der Waals surface area contributed by atoms with Gasteiger partial charge in [-0.2, -0.15) is 0 Å². The normalized spacial score (nSPS) is 19.8. The summed E-state index contributed by atoms with van der Waals surface area (Å²) in [5.41, 5.74) is -0.100. The van der Waals surface area contributed by atoms with Crippen LogP contribution < -0.4 is 15.0 Å². The van der Waals surface area contributed by atoms with E-state index in [9.17, 15) is 22.8 Å². The van der Waals surface area contributed by atoms with Crippen LogP contribution in [-0.2, 0) is 4.79 Å². The van der Waals surface area contributed by atoms with Gasteiger partial charge in [0.1, 0.15) is 23.7 Å². The number of carbonyl (C=O) groups is 2. The maximum absolute atomic E-state index is 14.4. The molecule has 176 valence electrons. The number of nitrogens with zero attached hydrogens (tertiary/aromatic N) is 4. The van der Waals surface area contributed by atoms with Gasteiger partial charge in [0.25, 0.3) is 11.8 Å². The van der Waals surface area contributed by atoms with E-state index in [1.54, 1.807) is 11.8 Å². The number of hydrogen-bond donors (Lipinski definition) is 1.